The van der Waals surface area contributed by atoms with Gasteiger partial charge in [0.05, 0.1) is 32.8 Å². The van der Waals surface area contributed by atoms with Gasteiger partial charge in [-0.3, -0.25) is 4.79 Å². The fourth-order valence-electron chi connectivity index (χ4n) is 2.37. The maximum atomic E-state index is 12.2. The van der Waals surface area contributed by atoms with Crippen LogP contribution in [0.4, 0.5) is 5.69 Å². The topological polar surface area (TPSA) is 73.9 Å². The van der Waals surface area contributed by atoms with Crippen molar-refractivity contribution in [2.75, 3.05) is 32.2 Å². The summed E-state index contributed by atoms with van der Waals surface area (Å²) >= 11 is 0. The Morgan fingerprint density at radius 2 is 2.14 bits per heavy atom. The number of carbonyl (C=O) groups is 2. The highest BCUT2D eigenvalue weighted by Gasteiger charge is 2.36. The highest BCUT2D eigenvalue weighted by atomic mass is 16.5. The van der Waals surface area contributed by atoms with Crippen molar-refractivity contribution in [1.82, 2.24) is 0 Å². The molecule has 1 heterocycles. The molecule has 6 heteroatoms. The van der Waals surface area contributed by atoms with Crippen molar-refractivity contribution in [3.8, 4) is 5.75 Å². The molecule has 0 spiro atoms. The fraction of sp³-hybridized carbons (Fsp3) is 0.500. The number of hydrogen-bond acceptors (Lipinski definition) is 6. The first-order valence-electron chi connectivity index (χ1n) is 7.33. The molecular formula is C16H21NO5. The lowest BCUT2D eigenvalue weighted by molar-refractivity contribution is -0.150. The van der Waals surface area contributed by atoms with Gasteiger partial charge in [-0.25, -0.2) is 4.79 Å². The van der Waals surface area contributed by atoms with Gasteiger partial charge >= 0.3 is 5.97 Å². The van der Waals surface area contributed by atoms with Crippen LogP contribution in [0.5, 0.6) is 5.75 Å². The molecule has 22 heavy (non-hydrogen) atoms. The van der Waals surface area contributed by atoms with Gasteiger partial charge in [0.15, 0.2) is 0 Å². The first kappa shape index (κ1) is 16.3. The van der Waals surface area contributed by atoms with Gasteiger partial charge in [0.1, 0.15) is 17.6 Å². The second-order valence-corrected chi connectivity index (χ2v) is 5.00. The molecule has 2 rings (SSSR count). The summed E-state index contributed by atoms with van der Waals surface area (Å²) in [5.74, 6) is -0.238. The zero-order valence-electron chi connectivity index (χ0n) is 12.8. The van der Waals surface area contributed by atoms with E-state index >= 15 is 0 Å². The molecular weight excluding hydrogens is 286 g/mol. The van der Waals surface area contributed by atoms with Gasteiger partial charge < -0.3 is 19.5 Å². The summed E-state index contributed by atoms with van der Waals surface area (Å²) in [4.78, 5) is 24.3. The average Bonchev–Trinajstić information content (AvgIpc) is 2.54. The predicted octanol–water partition coefficient (Wildman–Crippen LogP) is 1.64. The smallest absolute Gasteiger partial charge is 0.329 e. The molecule has 0 aliphatic carbocycles. The molecule has 1 N–H and O–H groups in total. The van der Waals surface area contributed by atoms with Crippen molar-refractivity contribution in [3.05, 3.63) is 24.3 Å². The minimum absolute atomic E-state index is 0.0188. The van der Waals surface area contributed by atoms with Crippen molar-refractivity contribution in [1.29, 1.82) is 0 Å². The van der Waals surface area contributed by atoms with Crippen LogP contribution in [-0.4, -0.2) is 44.7 Å². The molecule has 120 valence electrons. The Hall–Kier alpha value is -2.08. The molecule has 1 aromatic carbocycles. The number of Topliss-reactive ketones (excluding diaryl/α,β-unsaturated/α-hetero) is 1. The zero-order valence-corrected chi connectivity index (χ0v) is 12.8. The number of esters is 1. The van der Waals surface area contributed by atoms with Gasteiger partial charge in [-0.1, -0.05) is 0 Å². The summed E-state index contributed by atoms with van der Waals surface area (Å²) < 4.78 is 15.5. The number of ether oxygens (including phenoxy) is 3. The summed E-state index contributed by atoms with van der Waals surface area (Å²) in [6.07, 6.45) is 0.324. The molecule has 0 radical (unpaired) electrons. The fourth-order valence-corrected chi connectivity index (χ4v) is 2.37. The molecule has 1 aromatic rings. The Kier molecular flexibility index (Phi) is 5.77. The summed E-state index contributed by atoms with van der Waals surface area (Å²) in [5, 5.41) is 3.08. The molecule has 1 aliphatic heterocycles. The highest BCUT2D eigenvalue weighted by molar-refractivity contribution is 5.91. The number of nitrogens with one attached hydrogen (secondary N) is 1. The van der Waals surface area contributed by atoms with Gasteiger partial charge in [0, 0.05) is 12.1 Å². The minimum atomic E-state index is -0.749. The summed E-state index contributed by atoms with van der Waals surface area (Å²) in [5.41, 5.74) is 0.720. The molecule has 0 bridgehead atoms. The number of benzene rings is 1. The molecule has 2 atom stereocenters. The Labute approximate surface area is 129 Å². The van der Waals surface area contributed by atoms with Crippen LogP contribution in [-0.2, 0) is 19.1 Å². The van der Waals surface area contributed by atoms with Crippen LogP contribution in [0.25, 0.3) is 0 Å². The van der Waals surface area contributed by atoms with Gasteiger partial charge in [-0.15, -0.1) is 0 Å². The van der Waals surface area contributed by atoms with E-state index in [4.69, 9.17) is 14.2 Å². The predicted molar refractivity (Wildman–Crippen MR) is 81.0 cm³/mol. The maximum Gasteiger partial charge on any atom is 0.329 e. The van der Waals surface area contributed by atoms with E-state index in [9.17, 15) is 9.59 Å². The van der Waals surface area contributed by atoms with Crippen LogP contribution in [0.3, 0.4) is 0 Å². The van der Waals surface area contributed by atoms with Gasteiger partial charge in [-0.2, -0.15) is 0 Å². The van der Waals surface area contributed by atoms with E-state index in [0.717, 1.165) is 11.4 Å². The van der Waals surface area contributed by atoms with Crippen molar-refractivity contribution < 1.29 is 23.8 Å². The largest absolute Gasteiger partial charge is 0.497 e. The zero-order chi connectivity index (χ0) is 15.9. The van der Waals surface area contributed by atoms with Crippen molar-refractivity contribution >= 4 is 17.4 Å². The third-order valence-electron chi connectivity index (χ3n) is 3.56. The lowest BCUT2D eigenvalue weighted by Crippen LogP contribution is -2.46. The number of rotatable bonds is 6. The van der Waals surface area contributed by atoms with E-state index in [1.807, 2.05) is 0 Å². The lowest BCUT2D eigenvalue weighted by Gasteiger charge is -2.28. The number of anilines is 1. The van der Waals surface area contributed by atoms with Crippen LogP contribution in [0.1, 0.15) is 13.3 Å². The first-order valence-corrected chi connectivity index (χ1v) is 7.33. The van der Waals surface area contributed by atoms with Gasteiger partial charge in [0.25, 0.3) is 0 Å². The number of ketones is 1. The van der Waals surface area contributed by atoms with Crippen LogP contribution in [0, 0.1) is 5.92 Å². The van der Waals surface area contributed by atoms with Crippen LogP contribution >= 0.6 is 0 Å². The second kappa shape index (κ2) is 7.79. The molecule has 0 amide bonds. The number of methoxy groups -OCH3 is 1. The Bertz CT molecular complexity index is 514. The third kappa shape index (κ3) is 3.98. The first-order chi connectivity index (χ1) is 10.7. The number of carbonyl (C=O) groups excluding carboxylic acids is 2. The molecule has 0 unspecified atom stereocenters. The van der Waals surface area contributed by atoms with E-state index < -0.39 is 17.9 Å². The van der Waals surface area contributed by atoms with Crippen molar-refractivity contribution in [3.63, 3.8) is 0 Å². The lowest BCUT2D eigenvalue weighted by atomic mass is 9.92. The molecule has 0 aromatic heterocycles. The van der Waals surface area contributed by atoms with E-state index in [1.54, 1.807) is 38.3 Å². The third-order valence-corrected chi connectivity index (χ3v) is 3.56. The maximum absolute atomic E-state index is 12.2. The van der Waals surface area contributed by atoms with E-state index in [-0.39, 0.29) is 19.0 Å². The van der Waals surface area contributed by atoms with Crippen LogP contribution < -0.4 is 10.1 Å². The van der Waals surface area contributed by atoms with Crippen molar-refractivity contribution in [2.45, 2.75) is 19.4 Å². The quantitative estimate of drug-likeness (QED) is 0.806. The van der Waals surface area contributed by atoms with Gasteiger partial charge in [-0.05, 0) is 31.2 Å². The summed E-state index contributed by atoms with van der Waals surface area (Å²) in [7, 11) is 1.59. The number of hydrogen-bond donors (Lipinski definition) is 1. The average molecular weight is 307 g/mol. The Morgan fingerprint density at radius 1 is 1.41 bits per heavy atom. The summed E-state index contributed by atoms with van der Waals surface area (Å²) in [6, 6.07) is 6.40. The van der Waals surface area contributed by atoms with E-state index in [2.05, 4.69) is 5.32 Å². The van der Waals surface area contributed by atoms with E-state index in [0.29, 0.717) is 13.0 Å². The standard InChI is InChI=1S/C16H21NO5/c1-3-22-16(19)15(13-10-21-9-8-14(13)18)17-11-4-6-12(20-2)7-5-11/h4-7,13,15,17H,3,8-10H2,1-2H3/t13-,15-/m1/s1. The molecule has 1 saturated heterocycles. The normalized spacial score (nSPS) is 19.4. The summed E-state index contributed by atoms with van der Waals surface area (Å²) in [6.45, 7) is 2.64. The van der Waals surface area contributed by atoms with E-state index in [1.165, 1.54) is 0 Å². The highest BCUT2D eigenvalue weighted by Crippen LogP contribution is 2.21. The second-order valence-electron chi connectivity index (χ2n) is 5.00. The molecule has 1 fully saturated rings. The van der Waals surface area contributed by atoms with Crippen LogP contribution in [0.2, 0.25) is 0 Å². The minimum Gasteiger partial charge on any atom is -0.497 e. The molecule has 0 saturated carbocycles. The van der Waals surface area contributed by atoms with Crippen molar-refractivity contribution in [2.24, 2.45) is 5.92 Å². The Balaban J connectivity index is 2.15. The monoisotopic (exact) mass is 307 g/mol. The molecule has 1 aliphatic rings. The van der Waals surface area contributed by atoms with Gasteiger partial charge in [0.2, 0.25) is 0 Å². The molecule has 6 nitrogen and oxygen atoms in total. The van der Waals surface area contributed by atoms with Crippen LogP contribution in [0.15, 0.2) is 24.3 Å². The Morgan fingerprint density at radius 3 is 2.73 bits per heavy atom. The SMILES string of the molecule is CCOC(=O)[C@H](Nc1ccc(OC)cc1)[C@@H]1COCCC1=O.